The van der Waals surface area contributed by atoms with Crippen LogP contribution in [-0.2, 0) is 6.54 Å². The monoisotopic (exact) mass is 412 g/mol. The van der Waals surface area contributed by atoms with E-state index in [-0.39, 0.29) is 0 Å². The standard InChI is InChI=1S/C23H36N6O/c1-4-24-23(25-15-19(3)17-29-13-11-28(5-2)12-14-29)26-16-21-18-30-22(27-21)20-9-7-6-8-10-20/h6-10,18-19H,4-5,11-17H2,1-3H3,(H2,24,25,26). The van der Waals surface area contributed by atoms with Gasteiger partial charge >= 0.3 is 0 Å². The largest absolute Gasteiger partial charge is 0.444 e. The molecule has 1 aromatic carbocycles. The van der Waals surface area contributed by atoms with Gasteiger partial charge in [-0.2, -0.15) is 0 Å². The average molecular weight is 413 g/mol. The molecule has 1 unspecified atom stereocenters. The molecule has 1 aliphatic rings. The molecule has 0 saturated carbocycles. The van der Waals surface area contributed by atoms with Crippen LogP contribution in [0.1, 0.15) is 26.5 Å². The van der Waals surface area contributed by atoms with Crippen LogP contribution < -0.4 is 10.6 Å². The molecule has 0 aliphatic carbocycles. The Labute approximate surface area is 180 Å². The molecule has 0 radical (unpaired) electrons. The molecule has 2 aromatic rings. The Morgan fingerprint density at radius 2 is 1.83 bits per heavy atom. The zero-order valence-corrected chi connectivity index (χ0v) is 18.6. The molecule has 0 spiro atoms. The highest BCUT2D eigenvalue weighted by Gasteiger charge is 2.17. The van der Waals surface area contributed by atoms with E-state index in [1.165, 1.54) is 26.2 Å². The molecule has 1 fully saturated rings. The van der Waals surface area contributed by atoms with Crippen LogP contribution in [0, 0.1) is 5.92 Å². The van der Waals surface area contributed by atoms with Crippen molar-refractivity contribution in [1.29, 1.82) is 0 Å². The molecule has 7 heteroatoms. The van der Waals surface area contributed by atoms with Crippen molar-refractivity contribution in [2.24, 2.45) is 10.9 Å². The van der Waals surface area contributed by atoms with Crippen molar-refractivity contribution in [2.45, 2.75) is 27.3 Å². The van der Waals surface area contributed by atoms with E-state index >= 15 is 0 Å². The summed E-state index contributed by atoms with van der Waals surface area (Å²) in [4.78, 5) is 14.3. The fourth-order valence-corrected chi connectivity index (χ4v) is 3.66. The van der Waals surface area contributed by atoms with Gasteiger partial charge in [-0.25, -0.2) is 9.98 Å². The van der Waals surface area contributed by atoms with Gasteiger partial charge in [0, 0.05) is 51.4 Å². The van der Waals surface area contributed by atoms with E-state index in [4.69, 9.17) is 4.42 Å². The lowest BCUT2D eigenvalue weighted by Crippen LogP contribution is -2.48. The molecule has 7 nitrogen and oxygen atoms in total. The van der Waals surface area contributed by atoms with E-state index in [1.54, 1.807) is 6.26 Å². The van der Waals surface area contributed by atoms with Crippen LogP contribution in [0.15, 0.2) is 46.0 Å². The Kier molecular flexibility index (Phi) is 8.71. The molecule has 164 valence electrons. The highest BCUT2D eigenvalue weighted by atomic mass is 16.3. The number of likely N-dealkylation sites (N-methyl/N-ethyl adjacent to an activating group) is 1. The SMILES string of the molecule is CCNC(=NCc1coc(-c2ccccc2)n1)NCC(C)CN1CCN(CC)CC1. The van der Waals surface area contributed by atoms with Crippen LogP contribution in [0.5, 0.6) is 0 Å². The highest BCUT2D eigenvalue weighted by molar-refractivity contribution is 5.79. The maximum absolute atomic E-state index is 5.61. The minimum absolute atomic E-state index is 0.485. The highest BCUT2D eigenvalue weighted by Crippen LogP contribution is 2.18. The minimum Gasteiger partial charge on any atom is -0.444 e. The van der Waals surface area contributed by atoms with E-state index in [0.29, 0.717) is 18.4 Å². The number of nitrogens with one attached hydrogen (secondary N) is 2. The van der Waals surface area contributed by atoms with Crippen LogP contribution in [-0.4, -0.2) is 73.1 Å². The Morgan fingerprint density at radius 3 is 2.53 bits per heavy atom. The van der Waals surface area contributed by atoms with Crippen LogP contribution in [0.25, 0.3) is 11.5 Å². The van der Waals surface area contributed by atoms with E-state index in [9.17, 15) is 0 Å². The molecule has 1 aromatic heterocycles. The average Bonchev–Trinajstić information content (AvgIpc) is 3.26. The number of aromatic nitrogens is 1. The number of guanidine groups is 1. The topological polar surface area (TPSA) is 68.9 Å². The van der Waals surface area contributed by atoms with Gasteiger partial charge < -0.3 is 24.9 Å². The summed E-state index contributed by atoms with van der Waals surface area (Å²) in [6.07, 6.45) is 1.69. The third-order valence-electron chi connectivity index (χ3n) is 5.42. The van der Waals surface area contributed by atoms with E-state index in [1.807, 2.05) is 30.3 Å². The number of aliphatic imine (C=N–C) groups is 1. The second-order valence-electron chi connectivity index (χ2n) is 7.93. The van der Waals surface area contributed by atoms with Crippen LogP contribution in [0.3, 0.4) is 0 Å². The summed E-state index contributed by atoms with van der Waals surface area (Å²) in [5.41, 5.74) is 1.80. The van der Waals surface area contributed by atoms with Crippen molar-refractivity contribution in [3.63, 3.8) is 0 Å². The quantitative estimate of drug-likeness (QED) is 0.488. The minimum atomic E-state index is 0.485. The molecule has 0 bridgehead atoms. The van der Waals surface area contributed by atoms with Crippen molar-refractivity contribution < 1.29 is 4.42 Å². The predicted octanol–water partition coefficient (Wildman–Crippen LogP) is 2.67. The molecule has 0 amide bonds. The first kappa shape index (κ1) is 22.3. The summed E-state index contributed by atoms with van der Waals surface area (Å²) in [7, 11) is 0. The van der Waals surface area contributed by atoms with Crippen molar-refractivity contribution >= 4 is 5.96 Å². The zero-order valence-electron chi connectivity index (χ0n) is 18.6. The molecular weight excluding hydrogens is 376 g/mol. The number of hydrogen-bond donors (Lipinski definition) is 2. The smallest absolute Gasteiger partial charge is 0.226 e. The Bertz CT molecular complexity index is 767. The molecule has 1 aliphatic heterocycles. The lowest BCUT2D eigenvalue weighted by Gasteiger charge is -2.35. The van der Waals surface area contributed by atoms with Gasteiger partial charge in [0.1, 0.15) is 12.0 Å². The van der Waals surface area contributed by atoms with Crippen molar-refractivity contribution in [3.8, 4) is 11.5 Å². The zero-order chi connectivity index (χ0) is 21.2. The lowest BCUT2D eigenvalue weighted by atomic mass is 10.1. The van der Waals surface area contributed by atoms with Crippen LogP contribution in [0.4, 0.5) is 0 Å². The summed E-state index contributed by atoms with van der Waals surface area (Å²) in [5.74, 6) is 2.01. The first-order valence-electron chi connectivity index (χ1n) is 11.1. The van der Waals surface area contributed by atoms with Gasteiger partial charge in [-0.05, 0) is 31.5 Å². The van der Waals surface area contributed by atoms with Gasteiger partial charge in [-0.1, -0.05) is 32.0 Å². The summed E-state index contributed by atoms with van der Waals surface area (Å²) < 4.78 is 5.61. The molecule has 1 atom stereocenters. The molecule has 2 N–H and O–H groups in total. The second kappa shape index (κ2) is 11.7. The second-order valence-corrected chi connectivity index (χ2v) is 7.93. The maximum atomic E-state index is 5.61. The number of hydrogen-bond acceptors (Lipinski definition) is 5. The fourth-order valence-electron chi connectivity index (χ4n) is 3.66. The van der Waals surface area contributed by atoms with E-state index < -0.39 is 0 Å². The fraction of sp³-hybridized carbons (Fsp3) is 0.565. The summed E-state index contributed by atoms with van der Waals surface area (Å²) >= 11 is 0. The molecule has 3 rings (SSSR count). The third-order valence-corrected chi connectivity index (χ3v) is 5.42. The first-order chi connectivity index (χ1) is 14.7. The Hall–Kier alpha value is -2.38. The molecular formula is C23H36N6O. The van der Waals surface area contributed by atoms with Gasteiger partial charge in [0.15, 0.2) is 5.96 Å². The Morgan fingerprint density at radius 1 is 1.10 bits per heavy atom. The van der Waals surface area contributed by atoms with Gasteiger partial charge in [0.2, 0.25) is 5.89 Å². The van der Waals surface area contributed by atoms with Crippen molar-refractivity contribution in [2.75, 3.05) is 52.4 Å². The number of rotatable bonds is 9. The number of oxazole rings is 1. The van der Waals surface area contributed by atoms with Crippen molar-refractivity contribution in [1.82, 2.24) is 25.4 Å². The lowest BCUT2D eigenvalue weighted by molar-refractivity contribution is 0.124. The molecule has 30 heavy (non-hydrogen) atoms. The number of piperazine rings is 1. The predicted molar refractivity (Wildman–Crippen MR) is 122 cm³/mol. The summed E-state index contributed by atoms with van der Waals surface area (Å²) in [6.45, 7) is 15.8. The van der Waals surface area contributed by atoms with Gasteiger partial charge in [0.05, 0.1) is 6.54 Å². The van der Waals surface area contributed by atoms with Gasteiger partial charge in [-0.15, -0.1) is 0 Å². The van der Waals surface area contributed by atoms with E-state index in [0.717, 1.165) is 43.4 Å². The van der Waals surface area contributed by atoms with Crippen molar-refractivity contribution in [3.05, 3.63) is 42.3 Å². The number of benzene rings is 1. The van der Waals surface area contributed by atoms with Gasteiger partial charge in [-0.3, -0.25) is 0 Å². The normalized spacial score (nSPS) is 17.1. The summed E-state index contributed by atoms with van der Waals surface area (Å²) in [5, 5.41) is 6.81. The summed E-state index contributed by atoms with van der Waals surface area (Å²) in [6, 6.07) is 9.94. The maximum Gasteiger partial charge on any atom is 0.226 e. The molecule has 1 saturated heterocycles. The first-order valence-corrected chi connectivity index (χ1v) is 11.1. The van der Waals surface area contributed by atoms with E-state index in [2.05, 4.69) is 51.2 Å². The van der Waals surface area contributed by atoms with Crippen LogP contribution in [0.2, 0.25) is 0 Å². The number of nitrogens with zero attached hydrogens (tertiary/aromatic N) is 4. The Balaban J connectivity index is 1.47. The third kappa shape index (κ3) is 6.85. The molecule has 2 heterocycles. The van der Waals surface area contributed by atoms with Crippen LogP contribution >= 0.6 is 0 Å². The van der Waals surface area contributed by atoms with Gasteiger partial charge in [0.25, 0.3) is 0 Å².